The minimum absolute atomic E-state index is 0.00639. The Kier molecular flexibility index (Phi) is 7.36. The predicted octanol–water partition coefficient (Wildman–Crippen LogP) is 5.16. The molecule has 1 unspecified atom stereocenters. The first-order chi connectivity index (χ1) is 13.9. The highest BCUT2D eigenvalue weighted by Gasteiger charge is 2.33. The van der Waals surface area contributed by atoms with Crippen LogP contribution in [0.25, 0.3) is 0 Å². The van der Waals surface area contributed by atoms with Crippen LogP contribution in [0.15, 0.2) is 35.7 Å². The lowest BCUT2D eigenvalue weighted by Crippen LogP contribution is -2.47. The van der Waals surface area contributed by atoms with Crippen molar-refractivity contribution in [3.8, 4) is 0 Å². The number of benzene rings is 1. The van der Waals surface area contributed by atoms with E-state index in [1.165, 1.54) is 10.4 Å². The number of rotatable bonds is 7. The van der Waals surface area contributed by atoms with Gasteiger partial charge in [0.05, 0.1) is 12.6 Å². The van der Waals surface area contributed by atoms with Crippen LogP contribution in [0.4, 0.5) is 0 Å². The molecular formula is C23H29ClN2O2S. The Morgan fingerprint density at radius 1 is 1.24 bits per heavy atom. The molecule has 0 aliphatic carbocycles. The van der Waals surface area contributed by atoms with Crippen molar-refractivity contribution in [1.82, 2.24) is 9.80 Å². The molecule has 0 spiro atoms. The molecule has 1 aromatic heterocycles. The third-order valence-corrected chi connectivity index (χ3v) is 6.45. The number of nitrogens with zero attached hydrogens (tertiary/aromatic N) is 2. The average Bonchev–Trinajstić information content (AvgIpc) is 3.16. The predicted molar refractivity (Wildman–Crippen MR) is 119 cm³/mol. The van der Waals surface area contributed by atoms with E-state index in [9.17, 15) is 9.59 Å². The number of halogens is 1. The fraction of sp³-hybridized carbons (Fsp3) is 0.478. The number of carbonyl (C=O) groups excluding carboxylic acids is 2. The molecule has 1 aromatic carbocycles. The molecule has 1 aliphatic rings. The van der Waals surface area contributed by atoms with Crippen LogP contribution in [0.1, 0.15) is 55.7 Å². The number of fused-ring (bicyclic) bond motifs is 1. The van der Waals surface area contributed by atoms with Crippen molar-refractivity contribution < 1.29 is 9.59 Å². The SMILES string of the molecule is CCCC(=O)N(CC(=O)N1CCc2sccc2C1c1ccc(Cl)cc1)CC(C)C. The van der Waals surface area contributed by atoms with Gasteiger partial charge in [0.2, 0.25) is 11.8 Å². The zero-order chi connectivity index (χ0) is 21.0. The largest absolute Gasteiger partial charge is 0.333 e. The highest BCUT2D eigenvalue weighted by molar-refractivity contribution is 7.10. The molecule has 2 aromatic rings. The molecule has 0 fully saturated rings. The van der Waals surface area contributed by atoms with E-state index in [1.54, 1.807) is 16.2 Å². The second-order valence-electron chi connectivity index (χ2n) is 8.01. The molecule has 0 N–H and O–H groups in total. The van der Waals surface area contributed by atoms with Gasteiger partial charge in [0.15, 0.2) is 0 Å². The molecule has 0 bridgehead atoms. The van der Waals surface area contributed by atoms with Crippen LogP contribution in [0.2, 0.25) is 5.02 Å². The lowest BCUT2D eigenvalue weighted by atomic mass is 9.93. The average molecular weight is 433 g/mol. The minimum atomic E-state index is -0.128. The summed E-state index contributed by atoms with van der Waals surface area (Å²) >= 11 is 7.83. The first-order valence-corrected chi connectivity index (χ1v) is 11.6. The van der Waals surface area contributed by atoms with E-state index >= 15 is 0 Å². The summed E-state index contributed by atoms with van der Waals surface area (Å²) in [6, 6.07) is 9.72. The van der Waals surface area contributed by atoms with E-state index in [1.807, 2.05) is 36.1 Å². The molecule has 3 rings (SSSR count). The normalized spacial score (nSPS) is 16.0. The molecular weight excluding hydrogens is 404 g/mol. The maximum Gasteiger partial charge on any atom is 0.242 e. The Labute approximate surface area is 182 Å². The fourth-order valence-corrected chi connectivity index (χ4v) is 4.94. The van der Waals surface area contributed by atoms with Crippen LogP contribution < -0.4 is 0 Å². The Morgan fingerprint density at radius 2 is 1.97 bits per heavy atom. The van der Waals surface area contributed by atoms with Crippen LogP contribution in [0.5, 0.6) is 0 Å². The van der Waals surface area contributed by atoms with Crippen molar-refractivity contribution in [2.24, 2.45) is 5.92 Å². The summed E-state index contributed by atoms with van der Waals surface area (Å²) in [4.78, 5) is 31.0. The van der Waals surface area contributed by atoms with Gasteiger partial charge >= 0.3 is 0 Å². The summed E-state index contributed by atoms with van der Waals surface area (Å²) < 4.78 is 0. The Morgan fingerprint density at radius 3 is 2.62 bits per heavy atom. The zero-order valence-electron chi connectivity index (χ0n) is 17.4. The van der Waals surface area contributed by atoms with Crippen molar-refractivity contribution in [3.05, 3.63) is 56.7 Å². The van der Waals surface area contributed by atoms with Crippen molar-refractivity contribution in [2.45, 2.75) is 46.1 Å². The number of thiophene rings is 1. The quantitative estimate of drug-likeness (QED) is 0.606. The molecule has 1 atom stereocenters. The van der Waals surface area contributed by atoms with Gasteiger partial charge in [-0.05, 0) is 53.5 Å². The second-order valence-corrected chi connectivity index (χ2v) is 9.45. The smallest absolute Gasteiger partial charge is 0.242 e. The Hall–Kier alpha value is -1.85. The van der Waals surface area contributed by atoms with Gasteiger partial charge in [0, 0.05) is 29.4 Å². The third-order valence-electron chi connectivity index (χ3n) is 5.20. The highest BCUT2D eigenvalue weighted by Crippen LogP contribution is 2.38. The fourth-order valence-electron chi connectivity index (χ4n) is 3.91. The van der Waals surface area contributed by atoms with Gasteiger partial charge in [0.1, 0.15) is 0 Å². The maximum absolute atomic E-state index is 13.4. The van der Waals surface area contributed by atoms with Crippen LogP contribution in [-0.4, -0.2) is 41.2 Å². The topological polar surface area (TPSA) is 40.6 Å². The van der Waals surface area contributed by atoms with Crippen LogP contribution in [0.3, 0.4) is 0 Å². The lowest BCUT2D eigenvalue weighted by molar-refractivity contribution is -0.142. The van der Waals surface area contributed by atoms with Gasteiger partial charge in [-0.1, -0.05) is 44.5 Å². The van der Waals surface area contributed by atoms with Crippen LogP contribution >= 0.6 is 22.9 Å². The van der Waals surface area contributed by atoms with Gasteiger partial charge in [0.25, 0.3) is 0 Å². The molecule has 1 aliphatic heterocycles. The monoisotopic (exact) mass is 432 g/mol. The van der Waals surface area contributed by atoms with Crippen molar-refractivity contribution >= 4 is 34.8 Å². The van der Waals surface area contributed by atoms with Gasteiger partial charge in [-0.25, -0.2) is 0 Å². The Bertz CT molecular complexity index is 847. The highest BCUT2D eigenvalue weighted by atomic mass is 35.5. The summed E-state index contributed by atoms with van der Waals surface area (Å²) in [6.07, 6.45) is 2.13. The molecule has 0 saturated carbocycles. The molecule has 4 nitrogen and oxygen atoms in total. The number of amides is 2. The first kappa shape index (κ1) is 21.8. The lowest BCUT2D eigenvalue weighted by Gasteiger charge is -2.38. The van der Waals surface area contributed by atoms with E-state index in [2.05, 4.69) is 25.3 Å². The molecule has 2 amide bonds. The molecule has 6 heteroatoms. The Balaban J connectivity index is 1.87. The first-order valence-electron chi connectivity index (χ1n) is 10.3. The summed E-state index contributed by atoms with van der Waals surface area (Å²) in [5, 5.41) is 2.78. The summed E-state index contributed by atoms with van der Waals surface area (Å²) in [5.74, 6) is 0.387. The summed E-state index contributed by atoms with van der Waals surface area (Å²) in [5.41, 5.74) is 2.24. The molecule has 0 saturated heterocycles. The molecule has 2 heterocycles. The zero-order valence-corrected chi connectivity index (χ0v) is 18.9. The van der Waals surface area contributed by atoms with Crippen molar-refractivity contribution in [2.75, 3.05) is 19.6 Å². The van der Waals surface area contributed by atoms with Crippen LogP contribution in [0, 0.1) is 5.92 Å². The molecule has 156 valence electrons. The third kappa shape index (κ3) is 5.20. The summed E-state index contributed by atoms with van der Waals surface area (Å²) in [6.45, 7) is 7.55. The van der Waals surface area contributed by atoms with E-state index < -0.39 is 0 Å². The molecule has 0 radical (unpaired) electrons. The minimum Gasteiger partial charge on any atom is -0.333 e. The van der Waals surface area contributed by atoms with Gasteiger partial charge in [-0.3, -0.25) is 9.59 Å². The van der Waals surface area contributed by atoms with E-state index in [0.717, 1.165) is 18.4 Å². The van der Waals surface area contributed by atoms with E-state index in [0.29, 0.717) is 30.5 Å². The number of carbonyl (C=O) groups is 2. The number of hydrogen-bond donors (Lipinski definition) is 0. The summed E-state index contributed by atoms with van der Waals surface area (Å²) in [7, 11) is 0. The van der Waals surface area contributed by atoms with Crippen molar-refractivity contribution in [1.29, 1.82) is 0 Å². The maximum atomic E-state index is 13.4. The molecule has 29 heavy (non-hydrogen) atoms. The number of hydrogen-bond acceptors (Lipinski definition) is 3. The van der Waals surface area contributed by atoms with Gasteiger partial charge in [-0.15, -0.1) is 11.3 Å². The van der Waals surface area contributed by atoms with E-state index in [-0.39, 0.29) is 24.4 Å². The van der Waals surface area contributed by atoms with Crippen molar-refractivity contribution in [3.63, 3.8) is 0 Å². The van der Waals surface area contributed by atoms with Crippen LogP contribution in [-0.2, 0) is 16.0 Å². The standard InChI is InChI=1S/C23H29ClN2O2S/c1-4-5-21(27)25(14-16(2)3)15-22(28)26-12-10-20-19(11-13-29-20)23(26)17-6-8-18(24)9-7-17/h6-9,11,13,16,23H,4-5,10,12,14-15H2,1-3H3. The second kappa shape index (κ2) is 9.77. The van der Waals surface area contributed by atoms with Gasteiger partial charge in [-0.2, -0.15) is 0 Å². The van der Waals surface area contributed by atoms with E-state index in [4.69, 9.17) is 11.6 Å². The van der Waals surface area contributed by atoms with Gasteiger partial charge < -0.3 is 9.80 Å².